The highest BCUT2D eigenvalue weighted by Gasteiger charge is 2.69. The van der Waals surface area contributed by atoms with Crippen molar-refractivity contribution in [2.45, 2.75) is 99.3 Å². The lowest BCUT2D eigenvalue weighted by molar-refractivity contribution is -0.229. The van der Waals surface area contributed by atoms with E-state index >= 15 is 0 Å². The standard InChI is InChI=1S/C30H48O/c1-20(2)21-11-16-30(19-31)18-17-28(6)22(25(21)30)9-10-24-27(5)14-8-13-26(3,4)23(27)12-15-29(24,28)7/h8,13,21-25,31H,1,9-12,14-19H2,2-7H3/t21-,22?,23?,24?,25?,27?,28+,29?,30?/m0/s1. The molecule has 7 unspecified atom stereocenters. The molecule has 4 saturated carbocycles. The topological polar surface area (TPSA) is 20.2 Å². The summed E-state index contributed by atoms with van der Waals surface area (Å²) >= 11 is 0. The molecule has 0 spiro atoms. The number of allylic oxidation sites excluding steroid dienone is 3. The van der Waals surface area contributed by atoms with Gasteiger partial charge >= 0.3 is 0 Å². The number of fused-ring (bicyclic) bond motifs is 7. The fraction of sp³-hybridized carbons (Fsp3) is 0.867. The van der Waals surface area contributed by atoms with Crippen molar-refractivity contribution in [2.24, 2.45) is 56.7 Å². The van der Waals surface area contributed by atoms with Gasteiger partial charge in [-0.15, -0.1) is 0 Å². The van der Waals surface area contributed by atoms with E-state index < -0.39 is 0 Å². The van der Waals surface area contributed by atoms with Gasteiger partial charge in [0.15, 0.2) is 0 Å². The zero-order valence-electron chi connectivity index (χ0n) is 21.3. The Morgan fingerprint density at radius 2 is 1.65 bits per heavy atom. The first kappa shape index (κ1) is 22.2. The Hall–Kier alpha value is -0.560. The highest BCUT2D eigenvalue weighted by Crippen LogP contribution is 2.77. The van der Waals surface area contributed by atoms with Crippen LogP contribution in [0.2, 0.25) is 0 Å². The number of aliphatic hydroxyl groups excluding tert-OH is 1. The van der Waals surface area contributed by atoms with Crippen LogP contribution in [0.25, 0.3) is 0 Å². The van der Waals surface area contributed by atoms with Crippen LogP contribution in [0.1, 0.15) is 99.3 Å². The largest absolute Gasteiger partial charge is 0.396 e. The molecule has 1 heteroatoms. The van der Waals surface area contributed by atoms with Gasteiger partial charge in [0.25, 0.3) is 0 Å². The molecule has 174 valence electrons. The lowest BCUT2D eigenvalue weighted by Crippen LogP contribution is -2.65. The number of hydrogen-bond donors (Lipinski definition) is 1. The van der Waals surface area contributed by atoms with Gasteiger partial charge in [-0.25, -0.2) is 0 Å². The second-order valence-electron chi connectivity index (χ2n) is 14.1. The molecule has 4 fully saturated rings. The minimum absolute atomic E-state index is 0.174. The normalized spacial score (nSPS) is 55.0. The summed E-state index contributed by atoms with van der Waals surface area (Å²) in [7, 11) is 0. The van der Waals surface area contributed by atoms with Gasteiger partial charge in [-0.3, -0.25) is 0 Å². The predicted molar refractivity (Wildman–Crippen MR) is 131 cm³/mol. The van der Waals surface area contributed by atoms with E-state index in [2.05, 4.69) is 60.3 Å². The quantitative estimate of drug-likeness (QED) is 0.448. The summed E-state index contributed by atoms with van der Waals surface area (Å²) in [6.45, 7) is 20.2. The zero-order chi connectivity index (χ0) is 22.4. The summed E-state index contributed by atoms with van der Waals surface area (Å²) < 4.78 is 0. The minimum Gasteiger partial charge on any atom is -0.396 e. The molecule has 1 N–H and O–H groups in total. The third-order valence-corrected chi connectivity index (χ3v) is 12.8. The van der Waals surface area contributed by atoms with Crippen molar-refractivity contribution in [1.82, 2.24) is 0 Å². The van der Waals surface area contributed by atoms with Crippen molar-refractivity contribution in [1.29, 1.82) is 0 Å². The highest BCUT2D eigenvalue weighted by atomic mass is 16.3. The molecule has 31 heavy (non-hydrogen) atoms. The SMILES string of the molecule is C=C(C)[C@@H]1CCC2(CO)CC[C@]3(C)C(CCC4C5(C)CC=CC(C)(C)C5CCC43C)C12. The molecule has 9 atom stereocenters. The summed E-state index contributed by atoms with van der Waals surface area (Å²) in [5.74, 6) is 3.68. The van der Waals surface area contributed by atoms with E-state index in [4.69, 9.17) is 0 Å². The van der Waals surface area contributed by atoms with Crippen LogP contribution in [0.5, 0.6) is 0 Å². The van der Waals surface area contributed by atoms with Crippen LogP contribution in [0, 0.1) is 56.7 Å². The molecule has 5 aliphatic carbocycles. The number of hydrogen-bond acceptors (Lipinski definition) is 1. The van der Waals surface area contributed by atoms with Gasteiger partial charge < -0.3 is 5.11 Å². The number of rotatable bonds is 2. The molecule has 0 amide bonds. The van der Waals surface area contributed by atoms with Crippen LogP contribution >= 0.6 is 0 Å². The molecule has 0 saturated heterocycles. The van der Waals surface area contributed by atoms with Crippen molar-refractivity contribution in [3.8, 4) is 0 Å². The lowest BCUT2D eigenvalue weighted by atomic mass is 9.33. The first-order valence-electron chi connectivity index (χ1n) is 13.4. The van der Waals surface area contributed by atoms with Gasteiger partial charge in [-0.05, 0) is 121 Å². The summed E-state index contributed by atoms with van der Waals surface area (Å²) in [6, 6.07) is 0. The average molecular weight is 425 g/mol. The second kappa shape index (κ2) is 6.74. The van der Waals surface area contributed by atoms with Gasteiger partial charge in [0.1, 0.15) is 0 Å². The molecule has 0 heterocycles. The van der Waals surface area contributed by atoms with E-state index in [1.165, 1.54) is 63.4 Å². The Morgan fingerprint density at radius 3 is 2.32 bits per heavy atom. The maximum absolute atomic E-state index is 10.6. The van der Waals surface area contributed by atoms with Crippen molar-refractivity contribution < 1.29 is 5.11 Å². The minimum atomic E-state index is 0.174. The van der Waals surface area contributed by atoms with Crippen LogP contribution in [0.4, 0.5) is 0 Å². The van der Waals surface area contributed by atoms with Crippen molar-refractivity contribution in [3.63, 3.8) is 0 Å². The summed E-state index contributed by atoms with van der Waals surface area (Å²) in [5.41, 5.74) is 3.15. The Balaban J connectivity index is 1.56. The molecular formula is C30H48O. The van der Waals surface area contributed by atoms with Crippen LogP contribution < -0.4 is 0 Å². The van der Waals surface area contributed by atoms with Crippen molar-refractivity contribution in [3.05, 3.63) is 24.3 Å². The van der Waals surface area contributed by atoms with Gasteiger partial charge in [0.05, 0.1) is 0 Å². The van der Waals surface area contributed by atoms with Gasteiger partial charge in [0, 0.05) is 6.61 Å². The van der Waals surface area contributed by atoms with E-state index in [9.17, 15) is 5.11 Å². The highest BCUT2D eigenvalue weighted by molar-refractivity contribution is 5.23. The lowest BCUT2D eigenvalue weighted by Gasteiger charge is -2.72. The molecule has 0 aromatic rings. The molecule has 5 rings (SSSR count). The molecule has 0 bridgehead atoms. The van der Waals surface area contributed by atoms with E-state index in [0.29, 0.717) is 40.1 Å². The Morgan fingerprint density at radius 1 is 0.903 bits per heavy atom. The predicted octanol–water partition coefficient (Wildman–Crippen LogP) is 7.80. The summed E-state index contributed by atoms with van der Waals surface area (Å²) in [4.78, 5) is 0. The smallest absolute Gasteiger partial charge is 0.0490 e. The third-order valence-electron chi connectivity index (χ3n) is 12.8. The molecular weight excluding hydrogens is 376 g/mol. The van der Waals surface area contributed by atoms with Crippen LogP contribution in [-0.4, -0.2) is 11.7 Å². The van der Waals surface area contributed by atoms with E-state index in [-0.39, 0.29) is 5.41 Å². The van der Waals surface area contributed by atoms with Crippen molar-refractivity contribution in [2.75, 3.05) is 6.61 Å². The third kappa shape index (κ3) is 2.65. The Bertz CT molecular complexity index is 792. The molecule has 0 aromatic carbocycles. The molecule has 0 radical (unpaired) electrons. The van der Waals surface area contributed by atoms with E-state index in [1.807, 2.05) is 0 Å². The summed E-state index contributed by atoms with van der Waals surface area (Å²) in [6.07, 6.45) is 16.9. The fourth-order valence-electron chi connectivity index (χ4n) is 11.2. The fourth-order valence-corrected chi connectivity index (χ4v) is 11.2. The maximum atomic E-state index is 10.6. The summed E-state index contributed by atoms with van der Waals surface area (Å²) in [5, 5.41) is 10.6. The molecule has 0 aliphatic heterocycles. The zero-order valence-corrected chi connectivity index (χ0v) is 21.3. The van der Waals surface area contributed by atoms with Crippen LogP contribution in [0.15, 0.2) is 24.3 Å². The monoisotopic (exact) mass is 424 g/mol. The Labute approximate surface area is 192 Å². The van der Waals surface area contributed by atoms with E-state index in [1.54, 1.807) is 0 Å². The average Bonchev–Trinajstić information content (AvgIpc) is 3.08. The van der Waals surface area contributed by atoms with E-state index in [0.717, 1.165) is 17.8 Å². The Kier molecular flexibility index (Phi) is 4.84. The first-order chi connectivity index (χ1) is 14.5. The second-order valence-corrected chi connectivity index (χ2v) is 14.1. The number of aliphatic hydroxyl groups is 1. The molecule has 5 aliphatic rings. The maximum Gasteiger partial charge on any atom is 0.0490 e. The first-order valence-corrected chi connectivity index (χ1v) is 13.4. The van der Waals surface area contributed by atoms with Gasteiger partial charge in [-0.2, -0.15) is 0 Å². The molecule has 0 aromatic heterocycles. The van der Waals surface area contributed by atoms with Crippen molar-refractivity contribution >= 4 is 0 Å². The van der Waals surface area contributed by atoms with Gasteiger partial charge in [-0.1, -0.05) is 58.9 Å². The van der Waals surface area contributed by atoms with Crippen LogP contribution in [-0.2, 0) is 0 Å². The van der Waals surface area contributed by atoms with Gasteiger partial charge in [0.2, 0.25) is 0 Å². The molecule has 1 nitrogen and oxygen atoms in total. The van der Waals surface area contributed by atoms with Crippen LogP contribution in [0.3, 0.4) is 0 Å².